The first-order valence-electron chi connectivity index (χ1n) is 7.40. The minimum atomic E-state index is -0.736. The maximum absolute atomic E-state index is 13.8. The molecule has 0 unspecified atom stereocenters. The van der Waals surface area contributed by atoms with Gasteiger partial charge in [-0.15, -0.1) is 11.8 Å². The highest BCUT2D eigenvalue weighted by Crippen LogP contribution is 2.24. The van der Waals surface area contributed by atoms with Gasteiger partial charge in [-0.2, -0.15) is 0 Å². The van der Waals surface area contributed by atoms with Gasteiger partial charge in [-0.25, -0.2) is 8.78 Å². The Morgan fingerprint density at radius 3 is 2.76 bits per heavy atom. The second kappa shape index (κ2) is 7.48. The Bertz CT molecular complexity index is 912. The molecule has 3 aromatic rings. The molecular formula is C18H14F2N2O2S. The van der Waals surface area contributed by atoms with Gasteiger partial charge in [0, 0.05) is 17.0 Å². The lowest BCUT2D eigenvalue weighted by molar-refractivity contribution is 0.0947. The highest BCUT2D eigenvalue weighted by atomic mass is 32.2. The van der Waals surface area contributed by atoms with Crippen molar-refractivity contribution in [1.29, 1.82) is 0 Å². The Balaban J connectivity index is 1.70. The zero-order chi connectivity index (χ0) is 17.8. The Kier molecular flexibility index (Phi) is 5.14. The largest absolute Gasteiger partial charge is 0.356 e. The fourth-order valence-electron chi connectivity index (χ4n) is 2.31. The molecule has 0 saturated heterocycles. The summed E-state index contributed by atoms with van der Waals surface area (Å²) in [6, 6.07) is 12.0. The zero-order valence-corrected chi connectivity index (χ0v) is 14.1. The Morgan fingerprint density at radius 2 is 2.00 bits per heavy atom. The molecule has 4 nitrogen and oxygen atoms in total. The average molecular weight is 360 g/mol. The normalized spacial score (nSPS) is 10.7. The van der Waals surface area contributed by atoms with Crippen LogP contribution in [-0.4, -0.2) is 17.3 Å². The molecule has 0 spiro atoms. The summed E-state index contributed by atoms with van der Waals surface area (Å²) in [5.41, 5.74) is 1.12. The van der Waals surface area contributed by atoms with Crippen molar-refractivity contribution in [2.24, 2.45) is 0 Å². The predicted molar refractivity (Wildman–Crippen MR) is 91.2 cm³/mol. The van der Waals surface area contributed by atoms with E-state index in [1.807, 2.05) is 18.4 Å². The highest BCUT2D eigenvalue weighted by molar-refractivity contribution is 7.98. The van der Waals surface area contributed by atoms with Gasteiger partial charge in [0.2, 0.25) is 0 Å². The van der Waals surface area contributed by atoms with Crippen molar-refractivity contribution >= 4 is 17.7 Å². The van der Waals surface area contributed by atoms with E-state index in [4.69, 9.17) is 4.52 Å². The lowest BCUT2D eigenvalue weighted by atomic mass is 10.1. The van der Waals surface area contributed by atoms with E-state index in [9.17, 15) is 13.6 Å². The van der Waals surface area contributed by atoms with Crippen molar-refractivity contribution < 1.29 is 18.1 Å². The van der Waals surface area contributed by atoms with Crippen molar-refractivity contribution in [3.05, 3.63) is 71.4 Å². The van der Waals surface area contributed by atoms with E-state index in [2.05, 4.69) is 10.5 Å². The van der Waals surface area contributed by atoms with Crippen LogP contribution in [0.1, 0.15) is 16.1 Å². The molecule has 128 valence electrons. The number of aromatic nitrogens is 1. The van der Waals surface area contributed by atoms with Gasteiger partial charge in [0.25, 0.3) is 5.91 Å². The quantitative estimate of drug-likeness (QED) is 0.691. The number of nitrogens with one attached hydrogen (secondary N) is 1. The number of hydrogen-bond donors (Lipinski definition) is 1. The van der Waals surface area contributed by atoms with Gasteiger partial charge in [-0.05, 0) is 30.5 Å². The lowest BCUT2D eigenvalue weighted by Gasteiger charge is -2.06. The van der Waals surface area contributed by atoms with Gasteiger partial charge in [0.05, 0.1) is 17.7 Å². The molecular weight excluding hydrogens is 346 g/mol. The number of nitrogens with zero attached hydrogens (tertiary/aromatic N) is 1. The number of rotatable bonds is 5. The monoisotopic (exact) mass is 360 g/mol. The molecule has 0 aliphatic rings. The summed E-state index contributed by atoms with van der Waals surface area (Å²) in [4.78, 5) is 13.2. The number of thioether (sulfide) groups is 1. The van der Waals surface area contributed by atoms with Crippen LogP contribution in [0.5, 0.6) is 0 Å². The second-order valence-corrected chi connectivity index (χ2v) is 6.04. The number of benzene rings is 2. The molecule has 0 aliphatic heterocycles. The van der Waals surface area contributed by atoms with Gasteiger partial charge in [0.1, 0.15) is 17.3 Å². The molecule has 3 rings (SSSR count). The van der Waals surface area contributed by atoms with Gasteiger partial charge < -0.3 is 9.84 Å². The minimum Gasteiger partial charge on any atom is -0.356 e. The van der Waals surface area contributed by atoms with E-state index in [1.54, 1.807) is 12.1 Å². The van der Waals surface area contributed by atoms with Crippen molar-refractivity contribution in [2.75, 3.05) is 6.26 Å². The molecule has 0 radical (unpaired) electrons. The number of amides is 1. The van der Waals surface area contributed by atoms with Crippen LogP contribution in [0.3, 0.4) is 0 Å². The fraction of sp³-hybridized carbons (Fsp3) is 0.111. The second-order valence-electron chi connectivity index (χ2n) is 5.19. The van der Waals surface area contributed by atoms with Crippen molar-refractivity contribution in [1.82, 2.24) is 10.5 Å². The van der Waals surface area contributed by atoms with Crippen LogP contribution in [0.15, 0.2) is 57.9 Å². The van der Waals surface area contributed by atoms with E-state index in [-0.39, 0.29) is 23.8 Å². The van der Waals surface area contributed by atoms with E-state index >= 15 is 0 Å². The molecule has 7 heteroatoms. The molecule has 1 aromatic heterocycles. The zero-order valence-electron chi connectivity index (χ0n) is 13.3. The van der Waals surface area contributed by atoms with E-state index in [0.29, 0.717) is 11.3 Å². The number of carbonyl (C=O) groups is 1. The molecule has 0 atom stereocenters. The summed E-state index contributed by atoms with van der Waals surface area (Å²) in [5.74, 6) is -1.46. The van der Waals surface area contributed by atoms with Crippen LogP contribution < -0.4 is 5.32 Å². The summed E-state index contributed by atoms with van der Waals surface area (Å²) in [6.07, 6.45) is 1.90. The Hall–Kier alpha value is -2.67. The maximum Gasteiger partial charge on any atom is 0.252 e. The van der Waals surface area contributed by atoms with Crippen LogP contribution in [0.4, 0.5) is 8.78 Å². The molecule has 25 heavy (non-hydrogen) atoms. The van der Waals surface area contributed by atoms with Crippen LogP contribution in [-0.2, 0) is 6.54 Å². The van der Waals surface area contributed by atoms with E-state index < -0.39 is 11.6 Å². The number of hydrogen-bond acceptors (Lipinski definition) is 4. The van der Waals surface area contributed by atoms with E-state index in [0.717, 1.165) is 17.0 Å². The predicted octanol–water partition coefficient (Wildman–Crippen LogP) is 4.27. The van der Waals surface area contributed by atoms with Crippen LogP contribution in [0.25, 0.3) is 11.3 Å². The third-order valence-electron chi connectivity index (χ3n) is 3.54. The smallest absolute Gasteiger partial charge is 0.252 e. The molecule has 1 N–H and O–H groups in total. The first kappa shape index (κ1) is 17.2. The van der Waals surface area contributed by atoms with Gasteiger partial charge in [0.15, 0.2) is 5.76 Å². The Morgan fingerprint density at radius 1 is 1.20 bits per heavy atom. The minimum absolute atomic E-state index is 0.110. The first-order valence-corrected chi connectivity index (χ1v) is 8.63. The number of carbonyl (C=O) groups excluding carboxylic acids is 1. The SMILES string of the molecule is CSc1ccccc1C(=O)NCc1cc(-c2ccc(F)cc2F)on1. The third-order valence-corrected chi connectivity index (χ3v) is 4.33. The van der Waals surface area contributed by atoms with Gasteiger partial charge in [-0.3, -0.25) is 4.79 Å². The lowest BCUT2D eigenvalue weighted by Crippen LogP contribution is -2.23. The standard InChI is InChI=1S/C18H14F2N2O2S/c1-25-17-5-3-2-4-14(17)18(23)21-10-12-9-16(24-22-12)13-7-6-11(19)8-15(13)20/h2-9H,10H2,1H3,(H,21,23). The van der Waals surface area contributed by atoms with Crippen molar-refractivity contribution in [2.45, 2.75) is 11.4 Å². The summed E-state index contributed by atoms with van der Waals surface area (Å²) < 4.78 is 31.8. The van der Waals surface area contributed by atoms with Crippen LogP contribution in [0, 0.1) is 11.6 Å². The number of halogens is 2. The topological polar surface area (TPSA) is 55.1 Å². The molecule has 2 aromatic carbocycles. The summed E-state index contributed by atoms with van der Waals surface area (Å²) >= 11 is 1.48. The molecule has 0 fully saturated rings. The fourth-order valence-corrected chi connectivity index (χ4v) is 2.90. The van der Waals surface area contributed by atoms with Crippen LogP contribution >= 0.6 is 11.8 Å². The molecule has 0 aliphatic carbocycles. The van der Waals surface area contributed by atoms with E-state index in [1.165, 1.54) is 23.9 Å². The highest BCUT2D eigenvalue weighted by Gasteiger charge is 2.14. The van der Waals surface area contributed by atoms with Gasteiger partial charge in [-0.1, -0.05) is 17.3 Å². The molecule has 0 bridgehead atoms. The third kappa shape index (κ3) is 3.88. The summed E-state index contributed by atoms with van der Waals surface area (Å²) in [7, 11) is 0. The van der Waals surface area contributed by atoms with Crippen LogP contribution in [0.2, 0.25) is 0 Å². The summed E-state index contributed by atoms with van der Waals surface area (Å²) in [5, 5.41) is 6.56. The average Bonchev–Trinajstić information content (AvgIpc) is 3.08. The van der Waals surface area contributed by atoms with Gasteiger partial charge >= 0.3 is 0 Å². The Labute approximate surface area is 147 Å². The van der Waals surface area contributed by atoms with Crippen molar-refractivity contribution in [3.63, 3.8) is 0 Å². The molecule has 0 saturated carbocycles. The molecule has 1 amide bonds. The van der Waals surface area contributed by atoms with Crippen molar-refractivity contribution in [3.8, 4) is 11.3 Å². The maximum atomic E-state index is 13.8. The molecule has 1 heterocycles. The summed E-state index contributed by atoms with van der Waals surface area (Å²) in [6.45, 7) is 0.133. The first-order chi connectivity index (χ1) is 12.1.